The minimum atomic E-state index is 0.484. The maximum Gasteiger partial charge on any atom is 0.150 e. The molecule has 0 N–H and O–H groups in total. The number of nitrogens with zero attached hydrogens (tertiary/aromatic N) is 2. The van der Waals surface area contributed by atoms with E-state index in [0.29, 0.717) is 5.15 Å². The van der Waals surface area contributed by atoms with Gasteiger partial charge in [0, 0.05) is 5.39 Å². The quantitative estimate of drug-likeness (QED) is 0.461. The maximum absolute atomic E-state index is 6.09. The van der Waals surface area contributed by atoms with Gasteiger partial charge < -0.3 is 4.42 Å². The summed E-state index contributed by atoms with van der Waals surface area (Å²) in [6.45, 7) is 2.07. The van der Waals surface area contributed by atoms with Crippen molar-refractivity contribution in [1.82, 2.24) is 9.97 Å². The van der Waals surface area contributed by atoms with E-state index in [4.69, 9.17) is 16.0 Å². The highest BCUT2D eigenvalue weighted by Gasteiger charge is 2.12. The van der Waals surface area contributed by atoms with Crippen molar-refractivity contribution in [1.29, 1.82) is 0 Å². The highest BCUT2D eigenvalue weighted by atomic mass is 35.5. The normalized spacial score (nSPS) is 11.5. The first kappa shape index (κ1) is 11.9. The standard InChI is InChI=1S/C15H9ClN2OS/c1-8-2-3-11-9(4-8)5-12(19-11)13-6-10-14(20-13)15(16)18-7-17-10/h2-7H,1H3. The molecule has 0 aliphatic heterocycles. The van der Waals surface area contributed by atoms with Crippen LogP contribution >= 0.6 is 22.9 Å². The number of hydrogen-bond acceptors (Lipinski definition) is 4. The Morgan fingerprint density at radius 1 is 1.15 bits per heavy atom. The largest absolute Gasteiger partial charge is 0.455 e. The Hall–Kier alpha value is -1.91. The van der Waals surface area contributed by atoms with E-state index in [1.807, 2.05) is 24.3 Å². The molecule has 1 aromatic carbocycles. The first-order valence-electron chi connectivity index (χ1n) is 6.11. The molecule has 0 amide bonds. The molecular formula is C15H9ClN2OS. The fourth-order valence-electron chi connectivity index (χ4n) is 2.23. The predicted molar refractivity (Wildman–Crippen MR) is 82.4 cm³/mol. The van der Waals surface area contributed by atoms with Gasteiger partial charge in [0.1, 0.15) is 22.8 Å². The number of aryl methyl sites for hydroxylation is 1. The molecule has 0 spiro atoms. The van der Waals surface area contributed by atoms with Crippen molar-refractivity contribution in [3.05, 3.63) is 47.4 Å². The first-order valence-corrected chi connectivity index (χ1v) is 7.31. The zero-order valence-corrected chi connectivity index (χ0v) is 12.1. The van der Waals surface area contributed by atoms with E-state index in [-0.39, 0.29) is 0 Å². The second-order valence-corrected chi connectivity index (χ2v) is 6.05. The van der Waals surface area contributed by atoms with Gasteiger partial charge in [-0.05, 0) is 31.2 Å². The number of benzene rings is 1. The Morgan fingerprint density at radius 2 is 2.05 bits per heavy atom. The lowest BCUT2D eigenvalue weighted by Gasteiger charge is -1.89. The minimum absolute atomic E-state index is 0.484. The molecule has 98 valence electrons. The third kappa shape index (κ3) is 1.80. The van der Waals surface area contributed by atoms with Crippen molar-refractivity contribution in [2.24, 2.45) is 0 Å². The lowest BCUT2D eigenvalue weighted by atomic mass is 10.2. The van der Waals surface area contributed by atoms with Crippen LogP contribution in [0.25, 0.3) is 31.8 Å². The molecule has 0 saturated carbocycles. The number of hydrogen-bond donors (Lipinski definition) is 0. The van der Waals surface area contributed by atoms with Gasteiger partial charge in [-0.2, -0.15) is 0 Å². The number of aromatic nitrogens is 2. The molecule has 3 aromatic heterocycles. The van der Waals surface area contributed by atoms with Gasteiger partial charge in [0.15, 0.2) is 0 Å². The van der Waals surface area contributed by atoms with Gasteiger partial charge in [-0.15, -0.1) is 11.3 Å². The summed E-state index contributed by atoms with van der Waals surface area (Å²) in [4.78, 5) is 9.24. The molecule has 3 heterocycles. The number of thiophene rings is 1. The smallest absolute Gasteiger partial charge is 0.150 e. The molecule has 0 fully saturated rings. The molecule has 0 radical (unpaired) electrons. The van der Waals surface area contributed by atoms with Crippen molar-refractivity contribution in [2.75, 3.05) is 0 Å². The van der Waals surface area contributed by atoms with E-state index in [1.54, 1.807) is 11.3 Å². The van der Waals surface area contributed by atoms with Crippen molar-refractivity contribution in [3.8, 4) is 10.6 Å². The van der Waals surface area contributed by atoms with Gasteiger partial charge in [-0.3, -0.25) is 0 Å². The van der Waals surface area contributed by atoms with Gasteiger partial charge in [0.05, 0.1) is 15.1 Å². The molecule has 4 aromatic rings. The van der Waals surface area contributed by atoms with Crippen LogP contribution in [0, 0.1) is 6.92 Å². The van der Waals surface area contributed by atoms with Crippen molar-refractivity contribution < 1.29 is 4.42 Å². The Kier molecular flexibility index (Phi) is 2.55. The molecule has 0 aliphatic rings. The molecule has 0 aliphatic carbocycles. The van der Waals surface area contributed by atoms with Gasteiger partial charge in [-0.1, -0.05) is 23.2 Å². The van der Waals surface area contributed by atoms with E-state index in [0.717, 1.165) is 31.8 Å². The summed E-state index contributed by atoms with van der Waals surface area (Å²) in [5.41, 5.74) is 2.96. The molecule has 0 atom stereocenters. The molecule has 0 unspecified atom stereocenters. The summed E-state index contributed by atoms with van der Waals surface area (Å²) in [5, 5.41) is 1.59. The van der Waals surface area contributed by atoms with Crippen LogP contribution in [0.4, 0.5) is 0 Å². The van der Waals surface area contributed by atoms with Crippen LogP contribution in [0.1, 0.15) is 5.56 Å². The van der Waals surface area contributed by atoms with E-state index < -0.39 is 0 Å². The highest BCUT2D eigenvalue weighted by Crippen LogP contribution is 2.37. The average molecular weight is 301 g/mol. The monoisotopic (exact) mass is 300 g/mol. The lowest BCUT2D eigenvalue weighted by Crippen LogP contribution is -1.76. The first-order chi connectivity index (χ1) is 9.70. The summed E-state index contributed by atoms with van der Waals surface area (Å²) >= 11 is 7.63. The molecule has 5 heteroatoms. The summed E-state index contributed by atoms with van der Waals surface area (Å²) in [6, 6.07) is 10.2. The lowest BCUT2D eigenvalue weighted by molar-refractivity contribution is 0.633. The summed E-state index contributed by atoms with van der Waals surface area (Å²) in [7, 11) is 0. The fraction of sp³-hybridized carbons (Fsp3) is 0.0667. The Labute approximate surface area is 123 Å². The summed E-state index contributed by atoms with van der Waals surface area (Å²) < 4.78 is 6.79. The second kappa shape index (κ2) is 4.30. The molecule has 4 rings (SSSR count). The van der Waals surface area contributed by atoms with E-state index >= 15 is 0 Å². The summed E-state index contributed by atoms with van der Waals surface area (Å²) in [5.74, 6) is 0.838. The zero-order valence-electron chi connectivity index (χ0n) is 10.6. The molecule has 3 nitrogen and oxygen atoms in total. The molecule has 20 heavy (non-hydrogen) atoms. The van der Waals surface area contributed by atoms with Crippen LogP contribution in [0.5, 0.6) is 0 Å². The maximum atomic E-state index is 6.09. The average Bonchev–Trinajstić information content (AvgIpc) is 3.01. The number of halogens is 1. The van der Waals surface area contributed by atoms with E-state index in [9.17, 15) is 0 Å². The molecule has 0 saturated heterocycles. The Bertz CT molecular complexity index is 942. The van der Waals surface area contributed by atoms with Crippen LogP contribution < -0.4 is 0 Å². The van der Waals surface area contributed by atoms with Crippen molar-refractivity contribution in [2.45, 2.75) is 6.92 Å². The van der Waals surface area contributed by atoms with Crippen molar-refractivity contribution >= 4 is 44.1 Å². The van der Waals surface area contributed by atoms with Crippen LogP contribution in [-0.4, -0.2) is 9.97 Å². The van der Waals surface area contributed by atoms with Crippen LogP contribution in [-0.2, 0) is 0 Å². The minimum Gasteiger partial charge on any atom is -0.455 e. The summed E-state index contributed by atoms with van der Waals surface area (Å²) in [6.07, 6.45) is 1.48. The van der Waals surface area contributed by atoms with Crippen LogP contribution in [0.3, 0.4) is 0 Å². The van der Waals surface area contributed by atoms with Crippen molar-refractivity contribution in [3.63, 3.8) is 0 Å². The highest BCUT2D eigenvalue weighted by molar-refractivity contribution is 7.22. The van der Waals surface area contributed by atoms with Crippen LogP contribution in [0.15, 0.2) is 41.1 Å². The fourth-order valence-corrected chi connectivity index (χ4v) is 3.43. The third-order valence-corrected chi connectivity index (χ3v) is 4.73. The van der Waals surface area contributed by atoms with Gasteiger partial charge in [0.2, 0.25) is 0 Å². The van der Waals surface area contributed by atoms with Gasteiger partial charge in [0.25, 0.3) is 0 Å². The number of rotatable bonds is 1. The zero-order chi connectivity index (χ0) is 13.7. The number of fused-ring (bicyclic) bond motifs is 2. The topological polar surface area (TPSA) is 38.9 Å². The second-order valence-electron chi connectivity index (χ2n) is 4.64. The number of furan rings is 1. The third-order valence-electron chi connectivity index (χ3n) is 3.18. The molecule has 0 bridgehead atoms. The van der Waals surface area contributed by atoms with Crippen LogP contribution in [0.2, 0.25) is 5.15 Å². The van der Waals surface area contributed by atoms with Gasteiger partial charge >= 0.3 is 0 Å². The SMILES string of the molecule is Cc1ccc2oc(-c3cc4ncnc(Cl)c4s3)cc2c1. The van der Waals surface area contributed by atoms with E-state index in [1.165, 1.54) is 11.9 Å². The van der Waals surface area contributed by atoms with E-state index in [2.05, 4.69) is 23.0 Å². The Balaban J connectivity index is 1.94. The Morgan fingerprint density at radius 3 is 2.90 bits per heavy atom. The predicted octanol–water partition coefficient (Wildman–Crippen LogP) is 5.07. The van der Waals surface area contributed by atoms with Gasteiger partial charge in [-0.25, -0.2) is 9.97 Å². The molecular weight excluding hydrogens is 292 g/mol.